The summed E-state index contributed by atoms with van der Waals surface area (Å²) in [5.74, 6) is -0.338. The van der Waals surface area contributed by atoms with Gasteiger partial charge in [0.2, 0.25) is 0 Å². The number of aryl methyl sites for hydroxylation is 1. The zero-order valence-corrected chi connectivity index (χ0v) is 9.29. The molecule has 0 atom stereocenters. The molecule has 0 radical (unpaired) electrons. The van der Waals surface area contributed by atoms with Crippen molar-refractivity contribution in [3.8, 4) is 0 Å². The third kappa shape index (κ3) is 1.78. The Kier molecular flexibility index (Phi) is 2.64. The van der Waals surface area contributed by atoms with Crippen molar-refractivity contribution < 1.29 is 9.53 Å². The van der Waals surface area contributed by atoms with Gasteiger partial charge >= 0.3 is 5.97 Å². The molecule has 1 aromatic heterocycles. The predicted octanol–water partition coefficient (Wildman–Crippen LogP) is 1.73. The minimum atomic E-state index is -0.338. The number of imidazole rings is 1. The van der Waals surface area contributed by atoms with Crippen LogP contribution in [0.3, 0.4) is 0 Å². The summed E-state index contributed by atoms with van der Waals surface area (Å²) in [7, 11) is 1.38. The molecule has 0 aliphatic carbocycles. The fraction of sp³-hybridized carbons (Fsp3) is 0.600. The summed E-state index contributed by atoms with van der Waals surface area (Å²) < 4.78 is 6.54. The molecule has 0 saturated heterocycles. The normalized spacial score (nSPS) is 11.5. The number of esters is 1. The van der Waals surface area contributed by atoms with Crippen molar-refractivity contribution in [3.63, 3.8) is 0 Å². The van der Waals surface area contributed by atoms with Crippen molar-refractivity contribution in [2.75, 3.05) is 7.11 Å². The van der Waals surface area contributed by atoms with Crippen molar-refractivity contribution in [1.29, 1.82) is 0 Å². The van der Waals surface area contributed by atoms with Crippen LogP contribution in [0.2, 0.25) is 0 Å². The van der Waals surface area contributed by atoms with Gasteiger partial charge in [0.1, 0.15) is 0 Å². The van der Waals surface area contributed by atoms with Crippen molar-refractivity contribution in [2.24, 2.45) is 0 Å². The third-order valence-corrected chi connectivity index (χ3v) is 2.05. The van der Waals surface area contributed by atoms with Crippen LogP contribution in [-0.4, -0.2) is 22.6 Å². The number of nitrogens with zero attached hydrogens (tertiary/aromatic N) is 2. The van der Waals surface area contributed by atoms with Gasteiger partial charge in [0.15, 0.2) is 5.69 Å². The molecule has 0 unspecified atom stereocenters. The summed E-state index contributed by atoms with van der Waals surface area (Å²) in [6.07, 6.45) is 1.67. The lowest BCUT2D eigenvalue weighted by Crippen LogP contribution is -2.25. The first-order valence-corrected chi connectivity index (χ1v) is 4.50. The molecule has 0 fully saturated rings. The Balaban J connectivity index is 3.26. The average molecular weight is 196 g/mol. The van der Waals surface area contributed by atoms with Crippen LogP contribution in [0.5, 0.6) is 0 Å². The van der Waals surface area contributed by atoms with E-state index in [1.54, 1.807) is 13.3 Å². The minimum absolute atomic E-state index is 0.162. The maximum absolute atomic E-state index is 11.5. The zero-order valence-electron chi connectivity index (χ0n) is 9.29. The molecule has 1 aromatic rings. The van der Waals surface area contributed by atoms with Gasteiger partial charge in [-0.3, -0.25) is 0 Å². The van der Waals surface area contributed by atoms with Crippen molar-refractivity contribution in [2.45, 2.75) is 33.2 Å². The molecule has 0 aromatic carbocycles. The van der Waals surface area contributed by atoms with Crippen LogP contribution >= 0.6 is 0 Å². The monoisotopic (exact) mass is 196 g/mol. The van der Waals surface area contributed by atoms with E-state index in [2.05, 4.69) is 4.98 Å². The van der Waals surface area contributed by atoms with Gasteiger partial charge in [-0.15, -0.1) is 0 Å². The smallest absolute Gasteiger partial charge is 0.356 e. The number of hydrogen-bond acceptors (Lipinski definition) is 3. The Morgan fingerprint density at radius 2 is 2.07 bits per heavy atom. The van der Waals surface area contributed by atoms with E-state index >= 15 is 0 Å². The molecule has 0 N–H and O–H groups in total. The van der Waals surface area contributed by atoms with E-state index in [0.29, 0.717) is 11.4 Å². The Labute approximate surface area is 83.9 Å². The van der Waals surface area contributed by atoms with E-state index in [0.717, 1.165) is 0 Å². The number of ether oxygens (including phenoxy) is 1. The molecule has 1 rings (SSSR count). The maximum Gasteiger partial charge on any atom is 0.356 e. The van der Waals surface area contributed by atoms with E-state index in [-0.39, 0.29) is 11.5 Å². The fourth-order valence-electron chi connectivity index (χ4n) is 1.29. The molecule has 0 saturated carbocycles. The summed E-state index contributed by atoms with van der Waals surface area (Å²) >= 11 is 0. The van der Waals surface area contributed by atoms with Gasteiger partial charge in [0.25, 0.3) is 0 Å². The van der Waals surface area contributed by atoms with Crippen LogP contribution in [0.1, 0.15) is 37.0 Å². The SMILES string of the molecule is COC(=O)c1c(C)ncn1C(C)(C)C. The fourth-order valence-corrected chi connectivity index (χ4v) is 1.29. The topological polar surface area (TPSA) is 44.1 Å². The Hall–Kier alpha value is -1.32. The van der Waals surface area contributed by atoms with Gasteiger partial charge in [-0.1, -0.05) is 0 Å². The lowest BCUT2D eigenvalue weighted by atomic mass is 10.1. The van der Waals surface area contributed by atoms with E-state index in [1.807, 2.05) is 25.3 Å². The first kappa shape index (κ1) is 10.8. The second-order valence-corrected chi connectivity index (χ2v) is 4.21. The van der Waals surface area contributed by atoms with Gasteiger partial charge in [0.05, 0.1) is 19.1 Å². The van der Waals surface area contributed by atoms with Crippen molar-refractivity contribution in [3.05, 3.63) is 17.7 Å². The van der Waals surface area contributed by atoms with E-state index < -0.39 is 0 Å². The highest BCUT2D eigenvalue weighted by Crippen LogP contribution is 2.19. The largest absolute Gasteiger partial charge is 0.464 e. The molecule has 0 aliphatic heterocycles. The molecule has 0 spiro atoms. The summed E-state index contributed by atoms with van der Waals surface area (Å²) in [4.78, 5) is 15.6. The lowest BCUT2D eigenvalue weighted by molar-refractivity contribution is 0.0580. The Bertz CT molecular complexity index is 347. The number of carbonyl (C=O) groups is 1. The average Bonchev–Trinajstić information content (AvgIpc) is 2.45. The van der Waals surface area contributed by atoms with E-state index in [1.165, 1.54) is 7.11 Å². The molecular weight excluding hydrogens is 180 g/mol. The predicted molar refractivity (Wildman–Crippen MR) is 53.3 cm³/mol. The summed E-state index contributed by atoms with van der Waals surface area (Å²) in [5, 5.41) is 0. The van der Waals surface area contributed by atoms with Crippen LogP contribution in [0.15, 0.2) is 6.33 Å². The highest BCUT2D eigenvalue weighted by molar-refractivity contribution is 5.88. The maximum atomic E-state index is 11.5. The third-order valence-electron chi connectivity index (χ3n) is 2.05. The van der Waals surface area contributed by atoms with Crippen LogP contribution in [0.4, 0.5) is 0 Å². The van der Waals surface area contributed by atoms with Crippen LogP contribution in [0, 0.1) is 6.92 Å². The number of hydrogen-bond donors (Lipinski definition) is 0. The number of aromatic nitrogens is 2. The van der Waals surface area contributed by atoms with Crippen LogP contribution in [0.25, 0.3) is 0 Å². The first-order valence-electron chi connectivity index (χ1n) is 4.50. The molecule has 4 heteroatoms. The Morgan fingerprint density at radius 1 is 1.50 bits per heavy atom. The van der Waals surface area contributed by atoms with Gasteiger partial charge < -0.3 is 9.30 Å². The Morgan fingerprint density at radius 3 is 2.50 bits per heavy atom. The second kappa shape index (κ2) is 3.44. The molecular formula is C10H16N2O2. The van der Waals surface area contributed by atoms with E-state index in [4.69, 9.17) is 4.74 Å². The zero-order chi connectivity index (χ0) is 10.9. The molecule has 14 heavy (non-hydrogen) atoms. The highest BCUT2D eigenvalue weighted by Gasteiger charge is 2.23. The van der Waals surface area contributed by atoms with Gasteiger partial charge in [-0.2, -0.15) is 0 Å². The standard InChI is InChI=1S/C10H16N2O2/c1-7-8(9(13)14-5)12(6-11-7)10(2,3)4/h6H,1-5H3. The molecule has 1 heterocycles. The first-order chi connectivity index (χ1) is 6.38. The molecule has 78 valence electrons. The van der Waals surface area contributed by atoms with E-state index in [9.17, 15) is 4.79 Å². The molecule has 0 bridgehead atoms. The van der Waals surface area contributed by atoms with Gasteiger partial charge in [-0.05, 0) is 27.7 Å². The number of rotatable bonds is 1. The van der Waals surface area contributed by atoms with Gasteiger partial charge in [0, 0.05) is 5.54 Å². The quantitative estimate of drug-likeness (QED) is 0.642. The minimum Gasteiger partial charge on any atom is -0.464 e. The van der Waals surface area contributed by atoms with Crippen LogP contribution < -0.4 is 0 Å². The van der Waals surface area contributed by atoms with Crippen LogP contribution in [-0.2, 0) is 10.3 Å². The lowest BCUT2D eigenvalue weighted by Gasteiger charge is -2.22. The number of methoxy groups -OCH3 is 1. The summed E-state index contributed by atoms with van der Waals surface area (Å²) in [5.41, 5.74) is 1.07. The summed E-state index contributed by atoms with van der Waals surface area (Å²) in [6.45, 7) is 7.84. The second-order valence-electron chi connectivity index (χ2n) is 4.21. The van der Waals surface area contributed by atoms with Crippen molar-refractivity contribution >= 4 is 5.97 Å². The molecule has 4 nitrogen and oxygen atoms in total. The molecule has 0 aliphatic rings. The molecule has 0 amide bonds. The van der Waals surface area contributed by atoms with Crippen molar-refractivity contribution in [1.82, 2.24) is 9.55 Å². The number of carbonyl (C=O) groups excluding carboxylic acids is 1. The summed E-state index contributed by atoms with van der Waals surface area (Å²) in [6, 6.07) is 0. The highest BCUT2D eigenvalue weighted by atomic mass is 16.5. The van der Waals surface area contributed by atoms with Gasteiger partial charge in [-0.25, -0.2) is 9.78 Å².